The van der Waals surface area contributed by atoms with Crippen LogP contribution in [0.3, 0.4) is 0 Å². The smallest absolute Gasteiger partial charge is 0.150 e. The molecule has 0 bridgehead atoms. The third-order valence-electron chi connectivity index (χ3n) is 4.15. The van der Waals surface area contributed by atoms with Crippen molar-refractivity contribution >= 4 is 11.6 Å². The summed E-state index contributed by atoms with van der Waals surface area (Å²) in [4.78, 5) is 0. The first-order chi connectivity index (χ1) is 10.5. The lowest BCUT2D eigenvalue weighted by molar-refractivity contribution is 0.540. The van der Waals surface area contributed by atoms with E-state index in [4.69, 9.17) is 11.6 Å². The molecule has 2 aromatic rings. The van der Waals surface area contributed by atoms with Gasteiger partial charge in [-0.15, -0.1) is 0 Å². The van der Waals surface area contributed by atoms with Crippen LogP contribution in [-0.4, -0.2) is 4.57 Å². The minimum Gasteiger partial charge on any atom is -0.315 e. The second-order valence-electron chi connectivity index (χ2n) is 5.70. The summed E-state index contributed by atoms with van der Waals surface area (Å²) < 4.78 is 29.5. The van der Waals surface area contributed by atoms with E-state index < -0.39 is 11.6 Å². The lowest BCUT2D eigenvalue weighted by atomic mass is 9.95. The SMILES string of the molecule is CCCCC(CC)c1ccc(C)n1-c1cc(Cl)c(F)cc1F. The van der Waals surface area contributed by atoms with Gasteiger partial charge in [0, 0.05) is 17.5 Å². The molecule has 0 aliphatic heterocycles. The predicted octanol–water partition coefficient (Wildman–Crippen LogP) is 6.40. The van der Waals surface area contributed by atoms with Gasteiger partial charge >= 0.3 is 0 Å². The molecule has 0 spiro atoms. The van der Waals surface area contributed by atoms with Gasteiger partial charge in [-0.1, -0.05) is 38.3 Å². The topological polar surface area (TPSA) is 4.93 Å². The van der Waals surface area contributed by atoms with Gasteiger partial charge in [0.15, 0.2) is 0 Å². The molecule has 4 heteroatoms. The van der Waals surface area contributed by atoms with Crippen molar-refractivity contribution in [3.8, 4) is 5.69 Å². The molecule has 1 atom stereocenters. The molecule has 1 unspecified atom stereocenters. The molecule has 1 nitrogen and oxygen atoms in total. The van der Waals surface area contributed by atoms with Crippen molar-refractivity contribution in [3.63, 3.8) is 0 Å². The first-order valence-corrected chi connectivity index (χ1v) is 8.20. The Morgan fingerprint density at radius 1 is 1.14 bits per heavy atom. The third-order valence-corrected chi connectivity index (χ3v) is 4.44. The zero-order valence-corrected chi connectivity index (χ0v) is 14.1. The van der Waals surface area contributed by atoms with E-state index in [1.165, 1.54) is 6.07 Å². The minimum atomic E-state index is -0.729. The average Bonchev–Trinajstić information content (AvgIpc) is 2.86. The van der Waals surface area contributed by atoms with Crippen molar-refractivity contribution in [1.82, 2.24) is 4.57 Å². The third kappa shape index (κ3) is 3.35. The Hall–Kier alpha value is -1.35. The van der Waals surface area contributed by atoms with E-state index in [9.17, 15) is 8.78 Å². The van der Waals surface area contributed by atoms with Crippen LogP contribution in [0.1, 0.15) is 56.8 Å². The molecule has 1 aromatic heterocycles. The molecule has 0 fully saturated rings. The van der Waals surface area contributed by atoms with Crippen LogP contribution in [0.5, 0.6) is 0 Å². The maximum Gasteiger partial charge on any atom is 0.150 e. The fraction of sp³-hybridized carbons (Fsp3) is 0.444. The van der Waals surface area contributed by atoms with Crippen LogP contribution < -0.4 is 0 Å². The number of nitrogens with zero attached hydrogens (tertiary/aromatic N) is 1. The van der Waals surface area contributed by atoms with Gasteiger partial charge in [0.1, 0.15) is 11.6 Å². The van der Waals surface area contributed by atoms with E-state index in [1.54, 1.807) is 0 Å². The minimum absolute atomic E-state index is 0.0583. The number of aryl methyl sites for hydroxylation is 1. The molecule has 2 rings (SSSR count). The summed E-state index contributed by atoms with van der Waals surface area (Å²) in [5, 5.41) is -0.0583. The van der Waals surface area contributed by atoms with Gasteiger partial charge in [-0.05, 0) is 43.9 Å². The second-order valence-corrected chi connectivity index (χ2v) is 6.11. The molecular formula is C18H22ClF2N. The predicted molar refractivity (Wildman–Crippen MR) is 88.0 cm³/mol. The van der Waals surface area contributed by atoms with E-state index in [0.717, 1.165) is 43.1 Å². The highest BCUT2D eigenvalue weighted by Gasteiger charge is 2.19. The van der Waals surface area contributed by atoms with Crippen LogP contribution in [-0.2, 0) is 0 Å². The van der Waals surface area contributed by atoms with Crippen molar-refractivity contribution in [2.45, 2.75) is 52.4 Å². The van der Waals surface area contributed by atoms with Crippen molar-refractivity contribution in [2.24, 2.45) is 0 Å². The Bertz CT molecular complexity index is 649. The van der Waals surface area contributed by atoms with Gasteiger partial charge in [0.2, 0.25) is 0 Å². The van der Waals surface area contributed by atoms with Gasteiger partial charge in [-0.3, -0.25) is 0 Å². The van der Waals surface area contributed by atoms with E-state index >= 15 is 0 Å². The average molecular weight is 326 g/mol. The van der Waals surface area contributed by atoms with Gasteiger partial charge in [0.05, 0.1) is 10.7 Å². The highest BCUT2D eigenvalue weighted by atomic mass is 35.5. The van der Waals surface area contributed by atoms with Crippen molar-refractivity contribution in [3.05, 3.63) is 52.3 Å². The summed E-state index contributed by atoms with van der Waals surface area (Å²) in [6, 6.07) is 6.24. The van der Waals surface area contributed by atoms with Crippen molar-refractivity contribution in [2.75, 3.05) is 0 Å². The normalized spacial score (nSPS) is 12.6. The highest BCUT2D eigenvalue weighted by molar-refractivity contribution is 6.30. The molecule has 0 saturated heterocycles. The Balaban J connectivity index is 2.52. The van der Waals surface area contributed by atoms with Crippen LogP contribution in [0, 0.1) is 18.6 Å². The summed E-state index contributed by atoms with van der Waals surface area (Å²) in [5.74, 6) is -0.961. The van der Waals surface area contributed by atoms with Crippen LogP contribution in [0.4, 0.5) is 8.78 Å². The summed E-state index contributed by atoms with van der Waals surface area (Å²) in [7, 11) is 0. The quantitative estimate of drug-likeness (QED) is 0.541. The standard InChI is InChI=1S/C18H22ClF2N/c1-4-6-7-13(5-2)17-9-8-12(3)22(17)18-10-14(19)15(20)11-16(18)21/h8-11,13H,4-7H2,1-3H3. The molecule has 22 heavy (non-hydrogen) atoms. The molecule has 0 N–H and O–H groups in total. The van der Waals surface area contributed by atoms with Crippen LogP contribution in [0.2, 0.25) is 5.02 Å². The fourth-order valence-corrected chi connectivity index (χ4v) is 3.06. The molecule has 0 aliphatic carbocycles. The largest absolute Gasteiger partial charge is 0.315 e. The first-order valence-electron chi connectivity index (χ1n) is 7.82. The monoisotopic (exact) mass is 325 g/mol. The Labute approximate surface area is 135 Å². The molecule has 1 aromatic carbocycles. The molecule has 0 amide bonds. The lowest BCUT2D eigenvalue weighted by Crippen LogP contribution is -2.09. The number of unbranched alkanes of at least 4 members (excludes halogenated alkanes) is 1. The molecule has 1 heterocycles. The summed E-state index contributed by atoms with van der Waals surface area (Å²) in [6.07, 6.45) is 4.31. The van der Waals surface area contributed by atoms with E-state index in [1.807, 2.05) is 23.6 Å². The van der Waals surface area contributed by atoms with Crippen LogP contribution in [0.25, 0.3) is 5.69 Å². The lowest BCUT2D eigenvalue weighted by Gasteiger charge is -2.20. The maximum atomic E-state index is 14.3. The number of halogens is 3. The summed E-state index contributed by atoms with van der Waals surface area (Å²) >= 11 is 5.85. The Kier molecular flexibility index (Phi) is 5.63. The Morgan fingerprint density at radius 3 is 2.50 bits per heavy atom. The molecule has 0 aliphatic rings. The number of benzene rings is 1. The van der Waals surface area contributed by atoms with Crippen LogP contribution in [0.15, 0.2) is 24.3 Å². The van der Waals surface area contributed by atoms with E-state index in [0.29, 0.717) is 11.6 Å². The van der Waals surface area contributed by atoms with Crippen molar-refractivity contribution < 1.29 is 8.78 Å². The summed E-state index contributed by atoms with van der Waals surface area (Å²) in [5.41, 5.74) is 2.31. The van der Waals surface area contributed by atoms with Gasteiger partial charge in [-0.2, -0.15) is 0 Å². The van der Waals surface area contributed by atoms with Crippen LogP contribution >= 0.6 is 11.6 Å². The zero-order valence-electron chi connectivity index (χ0n) is 13.3. The summed E-state index contributed by atoms with van der Waals surface area (Å²) in [6.45, 7) is 6.23. The number of rotatable bonds is 6. The number of hydrogen-bond acceptors (Lipinski definition) is 0. The second kappa shape index (κ2) is 7.28. The maximum absolute atomic E-state index is 14.3. The molecule has 120 valence electrons. The first kappa shape index (κ1) is 17.0. The zero-order chi connectivity index (χ0) is 16.3. The molecule has 0 saturated carbocycles. The van der Waals surface area contributed by atoms with E-state index in [-0.39, 0.29) is 5.02 Å². The molecular weight excluding hydrogens is 304 g/mol. The van der Waals surface area contributed by atoms with E-state index in [2.05, 4.69) is 13.8 Å². The van der Waals surface area contributed by atoms with Gasteiger partial charge in [0.25, 0.3) is 0 Å². The molecule has 0 radical (unpaired) electrons. The van der Waals surface area contributed by atoms with Gasteiger partial charge in [-0.25, -0.2) is 8.78 Å². The number of aromatic nitrogens is 1. The fourth-order valence-electron chi connectivity index (χ4n) is 2.90. The number of hydrogen-bond donors (Lipinski definition) is 0. The Morgan fingerprint density at radius 2 is 1.86 bits per heavy atom. The van der Waals surface area contributed by atoms with Gasteiger partial charge < -0.3 is 4.57 Å². The highest BCUT2D eigenvalue weighted by Crippen LogP contribution is 2.32. The van der Waals surface area contributed by atoms with Crippen molar-refractivity contribution in [1.29, 1.82) is 0 Å².